The van der Waals surface area contributed by atoms with Gasteiger partial charge in [-0.3, -0.25) is 0 Å². The first-order chi connectivity index (χ1) is 7.11. The quantitative estimate of drug-likeness (QED) is 0.420. The molecule has 0 heterocycles. The highest BCUT2D eigenvalue weighted by Gasteiger charge is 2.10. The Morgan fingerprint density at radius 2 is 1.93 bits per heavy atom. The number of isocyanates is 1. The smallest absolute Gasteiger partial charge is 0.292 e. The minimum Gasteiger partial charge on any atom is -0.388 e. The van der Waals surface area contributed by atoms with Crippen molar-refractivity contribution in [2.24, 2.45) is 4.99 Å². The highest BCUT2D eigenvalue weighted by atomic mass is 16.5. The minimum absolute atomic E-state index is 0.426. The molecule has 76 valence electrons. The molecule has 0 saturated carbocycles. The Morgan fingerprint density at radius 1 is 1.27 bits per heavy atom. The molecule has 0 aromatic heterocycles. The van der Waals surface area contributed by atoms with Crippen LogP contribution in [0.1, 0.15) is 16.7 Å². The molecule has 0 N–H and O–H groups in total. The van der Waals surface area contributed by atoms with Gasteiger partial charge in [0.1, 0.15) is 5.75 Å². The van der Waals surface area contributed by atoms with Crippen LogP contribution in [-0.4, -0.2) is 6.08 Å². The summed E-state index contributed by atoms with van der Waals surface area (Å²) in [5, 5.41) is 8.44. The molecule has 15 heavy (non-hydrogen) atoms. The molecule has 0 spiro atoms. The van der Waals surface area contributed by atoms with E-state index in [0.29, 0.717) is 11.4 Å². The highest BCUT2D eigenvalue weighted by Crippen LogP contribution is 2.32. The van der Waals surface area contributed by atoms with Gasteiger partial charge in [0.2, 0.25) is 6.08 Å². The molecule has 4 nitrogen and oxygen atoms in total. The monoisotopic (exact) mass is 202 g/mol. The van der Waals surface area contributed by atoms with Crippen LogP contribution < -0.4 is 4.74 Å². The van der Waals surface area contributed by atoms with Gasteiger partial charge in [0.05, 0.1) is 5.69 Å². The van der Waals surface area contributed by atoms with Gasteiger partial charge < -0.3 is 4.74 Å². The van der Waals surface area contributed by atoms with Gasteiger partial charge in [-0.2, -0.15) is 4.99 Å². The van der Waals surface area contributed by atoms with Crippen molar-refractivity contribution in [3.05, 3.63) is 22.8 Å². The van der Waals surface area contributed by atoms with E-state index in [1.807, 2.05) is 20.8 Å². The van der Waals surface area contributed by atoms with E-state index in [4.69, 9.17) is 10.00 Å². The van der Waals surface area contributed by atoms with E-state index >= 15 is 0 Å². The van der Waals surface area contributed by atoms with Crippen LogP contribution in [0.15, 0.2) is 11.1 Å². The molecular weight excluding hydrogens is 192 g/mol. The van der Waals surface area contributed by atoms with Gasteiger partial charge in [0, 0.05) is 6.07 Å². The summed E-state index contributed by atoms with van der Waals surface area (Å²) in [6.45, 7) is 5.59. The zero-order valence-electron chi connectivity index (χ0n) is 8.79. The molecule has 0 radical (unpaired) electrons. The largest absolute Gasteiger partial charge is 0.388 e. The molecule has 0 aliphatic carbocycles. The molecule has 0 amide bonds. The summed E-state index contributed by atoms with van der Waals surface area (Å²) in [5.74, 6) is 0.426. The zero-order chi connectivity index (χ0) is 11.4. The SMILES string of the molecule is Cc1c(N=C=O)cc(OC#N)c(C)c1C. The third-order valence-electron chi connectivity index (χ3n) is 2.47. The molecule has 0 aliphatic heterocycles. The maximum atomic E-state index is 10.2. The molecule has 0 bridgehead atoms. The normalized spacial score (nSPS) is 8.93. The van der Waals surface area contributed by atoms with Crippen LogP contribution in [-0.2, 0) is 4.79 Å². The molecule has 0 saturated heterocycles. The van der Waals surface area contributed by atoms with Crippen molar-refractivity contribution < 1.29 is 9.53 Å². The fourth-order valence-corrected chi connectivity index (χ4v) is 1.32. The van der Waals surface area contributed by atoms with Crippen LogP contribution in [0.2, 0.25) is 0 Å². The average molecular weight is 202 g/mol. The van der Waals surface area contributed by atoms with Crippen molar-refractivity contribution in [1.82, 2.24) is 0 Å². The van der Waals surface area contributed by atoms with Gasteiger partial charge in [-0.1, -0.05) is 0 Å². The third kappa shape index (κ3) is 2.04. The number of benzene rings is 1. The Kier molecular flexibility index (Phi) is 3.22. The third-order valence-corrected chi connectivity index (χ3v) is 2.47. The summed E-state index contributed by atoms with van der Waals surface area (Å²) in [7, 11) is 0. The Bertz CT molecular complexity index is 480. The summed E-state index contributed by atoms with van der Waals surface area (Å²) in [5.41, 5.74) is 3.20. The summed E-state index contributed by atoms with van der Waals surface area (Å²) >= 11 is 0. The molecule has 0 unspecified atom stereocenters. The van der Waals surface area contributed by atoms with Gasteiger partial charge in [-0.25, -0.2) is 4.79 Å². The molecule has 4 heteroatoms. The number of ether oxygens (including phenoxy) is 1. The lowest BCUT2D eigenvalue weighted by Crippen LogP contribution is -1.93. The zero-order valence-corrected chi connectivity index (χ0v) is 8.79. The Balaban J connectivity index is 3.45. The van der Waals surface area contributed by atoms with Crippen LogP contribution in [0.3, 0.4) is 0 Å². The number of hydrogen-bond donors (Lipinski definition) is 0. The maximum Gasteiger partial charge on any atom is 0.292 e. The first-order valence-electron chi connectivity index (χ1n) is 4.36. The van der Waals surface area contributed by atoms with Gasteiger partial charge in [-0.05, 0) is 37.5 Å². The van der Waals surface area contributed by atoms with E-state index < -0.39 is 0 Å². The van der Waals surface area contributed by atoms with Crippen LogP contribution in [0.5, 0.6) is 5.75 Å². The van der Waals surface area contributed by atoms with E-state index in [2.05, 4.69) is 4.99 Å². The van der Waals surface area contributed by atoms with Gasteiger partial charge in [0.15, 0.2) is 0 Å². The Morgan fingerprint density at radius 3 is 2.47 bits per heavy atom. The second kappa shape index (κ2) is 4.41. The summed E-state index contributed by atoms with van der Waals surface area (Å²) in [6, 6.07) is 1.56. The Hall–Kier alpha value is -2.11. The fourth-order valence-electron chi connectivity index (χ4n) is 1.32. The first-order valence-corrected chi connectivity index (χ1v) is 4.36. The molecule has 1 aromatic rings. The van der Waals surface area contributed by atoms with Crippen molar-refractivity contribution in [2.45, 2.75) is 20.8 Å². The Labute approximate surface area is 87.8 Å². The van der Waals surface area contributed by atoms with E-state index in [1.165, 1.54) is 6.08 Å². The van der Waals surface area contributed by atoms with Crippen molar-refractivity contribution in [2.75, 3.05) is 0 Å². The lowest BCUT2D eigenvalue weighted by Gasteiger charge is -2.10. The highest BCUT2D eigenvalue weighted by molar-refractivity contribution is 5.61. The van der Waals surface area contributed by atoms with E-state index in [9.17, 15) is 4.79 Å². The first kappa shape index (κ1) is 11.0. The average Bonchev–Trinajstić information content (AvgIpc) is 2.22. The number of aliphatic imine (C=N–C) groups is 1. The van der Waals surface area contributed by atoms with Gasteiger partial charge in [-0.15, -0.1) is 5.26 Å². The number of rotatable bonds is 2. The fraction of sp³-hybridized carbons (Fsp3) is 0.273. The second-order valence-electron chi connectivity index (χ2n) is 3.17. The van der Waals surface area contributed by atoms with Crippen molar-refractivity contribution in [1.29, 1.82) is 5.26 Å². The number of nitrogens with zero attached hydrogens (tertiary/aromatic N) is 2. The summed E-state index contributed by atoms with van der Waals surface area (Å²) < 4.78 is 4.78. The predicted molar refractivity (Wildman–Crippen MR) is 54.7 cm³/mol. The topological polar surface area (TPSA) is 62.4 Å². The second-order valence-corrected chi connectivity index (χ2v) is 3.17. The van der Waals surface area contributed by atoms with Crippen LogP contribution in [0.25, 0.3) is 0 Å². The maximum absolute atomic E-state index is 10.2. The van der Waals surface area contributed by atoms with Crippen LogP contribution >= 0.6 is 0 Å². The van der Waals surface area contributed by atoms with E-state index in [1.54, 1.807) is 12.3 Å². The molecule has 0 atom stereocenters. The van der Waals surface area contributed by atoms with Crippen molar-refractivity contribution >= 4 is 11.8 Å². The lowest BCUT2D eigenvalue weighted by atomic mass is 10.0. The van der Waals surface area contributed by atoms with Crippen molar-refractivity contribution in [3.63, 3.8) is 0 Å². The van der Waals surface area contributed by atoms with Crippen LogP contribution in [0.4, 0.5) is 5.69 Å². The lowest BCUT2D eigenvalue weighted by molar-refractivity contribution is 0.502. The van der Waals surface area contributed by atoms with E-state index in [-0.39, 0.29) is 0 Å². The standard InChI is InChI=1S/C11H10N2O2/c1-7-8(2)10(13-6-14)4-11(9(7)3)15-5-12/h4H,1-3H3. The van der Waals surface area contributed by atoms with Crippen LogP contribution in [0, 0.1) is 32.3 Å². The molecule has 0 fully saturated rings. The number of nitriles is 1. The summed E-state index contributed by atoms with van der Waals surface area (Å²) in [4.78, 5) is 13.8. The summed E-state index contributed by atoms with van der Waals surface area (Å²) in [6.07, 6.45) is 3.08. The van der Waals surface area contributed by atoms with E-state index in [0.717, 1.165) is 16.7 Å². The predicted octanol–water partition coefficient (Wildman–Crippen LogP) is 2.44. The van der Waals surface area contributed by atoms with Gasteiger partial charge in [0.25, 0.3) is 6.26 Å². The minimum atomic E-state index is 0.426. The molecule has 0 aliphatic rings. The molecule has 1 aromatic carbocycles. The van der Waals surface area contributed by atoms with Gasteiger partial charge >= 0.3 is 0 Å². The number of hydrogen-bond acceptors (Lipinski definition) is 4. The number of carbonyl (C=O) groups excluding carboxylic acids is 1. The molecule has 1 rings (SSSR count). The molecular formula is C11H10N2O2. The van der Waals surface area contributed by atoms with Crippen molar-refractivity contribution in [3.8, 4) is 12.0 Å².